The highest BCUT2D eigenvalue weighted by Gasteiger charge is 2.34. The molecule has 0 aliphatic rings. The first kappa shape index (κ1) is 31.5. The molecule has 0 rings (SSSR count). The lowest BCUT2D eigenvalue weighted by molar-refractivity contribution is 0.318. The summed E-state index contributed by atoms with van der Waals surface area (Å²) in [6.07, 6.45) is 3.27. The summed E-state index contributed by atoms with van der Waals surface area (Å²) >= 11 is 0. The summed E-state index contributed by atoms with van der Waals surface area (Å²) < 4.78 is 6.39. The van der Waals surface area contributed by atoms with E-state index in [1.54, 1.807) is 12.2 Å². The lowest BCUT2D eigenvalue weighted by atomic mass is 10.3. The van der Waals surface area contributed by atoms with Crippen molar-refractivity contribution in [2.24, 2.45) is 0 Å². The summed E-state index contributed by atoms with van der Waals surface area (Å²) in [4.78, 5) is 0. The maximum absolute atomic E-state index is 9.30. The zero-order valence-corrected chi connectivity index (χ0v) is 15.6. The highest BCUT2D eigenvalue weighted by Crippen LogP contribution is 2.26. The van der Waals surface area contributed by atoms with E-state index in [0.29, 0.717) is 12.1 Å². The Morgan fingerprint density at radius 3 is 1.21 bits per heavy atom. The van der Waals surface area contributed by atoms with E-state index in [9.17, 15) is 10.2 Å². The highest BCUT2D eigenvalue weighted by molar-refractivity contribution is 6.85. The molecule has 5 nitrogen and oxygen atoms in total. The van der Waals surface area contributed by atoms with Crippen molar-refractivity contribution in [3.8, 4) is 0 Å². The van der Waals surface area contributed by atoms with Crippen LogP contribution in [0.3, 0.4) is 0 Å². The Hall–Kier alpha value is -0.286. The summed E-state index contributed by atoms with van der Waals surface area (Å²) in [7, 11) is -4.02. The Bertz CT molecular complexity index is 332. The minimum absolute atomic E-state index is 0. The van der Waals surface area contributed by atoms with E-state index in [0.717, 1.165) is 11.1 Å². The fraction of sp³-hybridized carbons (Fsp3) is 0.765. The number of rotatable bonds is 10. The number of hydrogen-bond acceptors (Lipinski definition) is 5. The van der Waals surface area contributed by atoms with Gasteiger partial charge < -0.3 is 24.5 Å². The predicted molar refractivity (Wildman–Crippen MR) is 110 cm³/mol. The van der Waals surface area contributed by atoms with Crippen molar-refractivity contribution in [1.82, 2.24) is 0 Å². The van der Waals surface area contributed by atoms with Crippen molar-refractivity contribution in [3.63, 3.8) is 0 Å². The molecular weight excluding hydrogens is 340 g/mol. The quantitative estimate of drug-likeness (QED) is 0.344. The molecule has 0 aromatic rings. The van der Waals surface area contributed by atoms with Gasteiger partial charge in [0.1, 0.15) is 0 Å². The molecule has 0 saturated heterocycles. The molecule has 0 aliphatic heterocycles. The van der Waals surface area contributed by atoms with Gasteiger partial charge in [-0.2, -0.15) is 0 Å². The van der Waals surface area contributed by atoms with Crippen LogP contribution in [0.1, 0.15) is 22.3 Å². The van der Waals surface area contributed by atoms with Gasteiger partial charge in [-0.15, -0.1) is 0 Å². The molecule has 0 aromatic carbocycles. The zero-order valence-electron chi connectivity index (χ0n) is 13.6. The molecule has 24 heavy (non-hydrogen) atoms. The molecule has 7 heteroatoms. The summed E-state index contributed by atoms with van der Waals surface area (Å²) in [6.45, 7) is 8.11. The maximum Gasteiger partial charge on any atom is 0.177 e. The Morgan fingerprint density at radius 1 is 0.708 bits per heavy atom. The second-order valence-corrected chi connectivity index (χ2v) is 14.9. The van der Waals surface area contributed by atoms with E-state index in [2.05, 4.69) is 26.2 Å². The third-order valence-electron chi connectivity index (χ3n) is 3.02. The van der Waals surface area contributed by atoms with Gasteiger partial charge in [0.2, 0.25) is 0 Å². The molecule has 0 heterocycles. The van der Waals surface area contributed by atoms with Crippen molar-refractivity contribution in [3.05, 3.63) is 23.3 Å². The van der Waals surface area contributed by atoms with E-state index in [1.807, 2.05) is 0 Å². The first-order chi connectivity index (χ1) is 9.69. The fourth-order valence-electron chi connectivity index (χ4n) is 2.56. The van der Waals surface area contributed by atoms with Crippen molar-refractivity contribution < 1.29 is 24.5 Å². The SMILES string of the molecule is C.C.C.C[Si](C)(C/C(=C/CO)CO)O[Si](C)(C)C/C(=C/CO)CO. The minimum atomic E-state index is -2.01. The predicted octanol–water partition coefficient (Wildman–Crippen LogP) is 3.14. The van der Waals surface area contributed by atoms with Crippen LogP contribution < -0.4 is 0 Å². The summed E-state index contributed by atoms with van der Waals surface area (Å²) in [5.74, 6) is 0. The Labute approximate surface area is 152 Å². The van der Waals surface area contributed by atoms with Crippen LogP contribution in [0, 0.1) is 0 Å². The molecule has 0 spiro atoms. The highest BCUT2D eigenvalue weighted by atomic mass is 28.4. The van der Waals surface area contributed by atoms with Crippen LogP contribution in [-0.2, 0) is 4.12 Å². The fourth-order valence-corrected chi connectivity index (χ4v) is 11.8. The van der Waals surface area contributed by atoms with Crippen LogP contribution in [0.5, 0.6) is 0 Å². The molecule has 0 aliphatic carbocycles. The molecule has 0 atom stereocenters. The van der Waals surface area contributed by atoms with E-state index in [4.69, 9.17) is 14.3 Å². The molecule has 0 saturated carbocycles. The van der Waals surface area contributed by atoms with Crippen molar-refractivity contribution >= 4 is 16.6 Å². The molecular formula is C17H42O5Si2. The first-order valence-electron chi connectivity index (χ1n) is 7.19. The third kappa shape index (κ3) is 14.1. The second-order valence-electron chi connectivity index (χ2n) is 6.38. The number of aliphatic hydroxyl groups is 4. The molecule has 0 amide bonds. The third-order valence-corrected chi connectivity index (χ3v) is 10.1. The zero-order chi connectivity index (χ0) is 16.5. The van der Waals surface area contributed by atoms with Gasteiger partial charge in [-0.3, -0.25) is 0 Å². The molecule has 0 bridgehead atoms. The van der Waals surface area contributed by atoms with Crippen LogP contribution in [-0.4, -0.2) is 63.5 Å². The van der Waals surface area contributed by atoms with Gasteiger partial charge in [0, 0.05) is 0 Å². The van der Waals surface area contributed by atoms with Crippen LogP contribution in [0.15, 0.2) is 23.3 Å². The van der Waals surface area contributed by atoms with Crippen LogP contribution in [0.4, 0.5) is 0 Å². The van der Waals surface area contributed by atoms with Gasteiger partial charge in [-0.25, -0.2) is 0 Å². The second kappa shape index (κ2) is 15.0. The summed E-state index contributed by atoms with van der Waals surface area (Å²) in [6, 6.07) is 1.36. The summed E-state index contributed by atoms with van der Waals surface area (Å²) in [5, 5.41) is 36.5. The molecule has 4 N–H and O–H groups in total. The van der Waals surface area contributed by atoms with E-state index in [-0.39, 0.29) is 48.7 Å². The van der Waals surface area contributed by atoms with E-state index < -0.39 is 16.6 Å². The van der Waals surface area contributed by atoms with Gasteiger partial charge in [-0.05, 0) is 49.4 Å². The van der Waals surface area contributed by atoms with Crippen LogP contribution in [0.2, 0.25) is 38.3 Å². The molecule has 0 fully saturated rings. The summed E-state index contributed by atoms with van der Waals surface area (Å²) in [5.41, 5.74) is 1.62. The minimum Gasteiger partial charge on any atom is -0.455 e. The monoisotopic (exact) mass is 382 g/mol. The number of aliphatic hydroxyl groups excluding tert-OH is 4. The first-order valence-corrected chi connectivity index (χ1v) is 13.4. The average Bonchev–Trinajstić information content (AvgIpc) is 2.35. The molecule has 0 aromatic heterocycles. The maximum atomic E-state index is 9.30. The smallest absolute Gasteiger partial charge is 0.177 e. The van der Waals surface area contributed by atoms with Crippen molar-refractivity contribution in [1.29, 1.82) is 0 Å². The standard InChI is InChI=1S/C14H30O5Si2.3CH4/c1-20(2,11-13(9-17)5-7-15)19-21(3,4)12-14(10-18)6-8-16;;;/h5-6,15-18H,7-12H2,1-4H3;3*1H4/b13-5+,14-6+;;;. The Morgan fingerprint density at radius 2 is 1.00 bits per heavy atom. The van der Waals surface area contributed by atoms with Gasteiger partial charge in [0.05, 0.1) is 26.4 Å². The largest absolute Gasteiger partial charge is 0.455 e. The molecule has 0 unspecified atom stereocenters. The van der Waals surface area contributed by atoms with Crippen LogP contribution >= 0.6 is 0 Å². The Balaban J connectivity index is -0.000000667. The average molecular weight is 383 g/mol. The van der Waals surface area contributed by atoms with Crippen molar-refractivity contribution in [2.75, 3.05) is 26.4 Å². The van der Waals surface area contributed by atoms with E-state index >= 15 is 0 Å². The normalized spacial score (nSPS) is 12.8. The lowest BCUT2D eigenvalue weighted by Gasteiger charge is -2.35. The van der Waals surface area contributed by atoms with Crippen LogP contribution in [0.25, 0.3) is 0 Å². The van der Waals surface area contributed by atoms with Gasteiger partial charge in [0.15, 0.2) is 16.6 Å². The Kier molecular flexibility index (Phi) is 19.7. The van der Waals surface area contributed by atoms with Gasteiger partial charge in [0.25, 0.3) is 0 Å². The van der Waals surface area contributed by atoms with E-state index in [1.165, 1.54) is 0 Å². The molecule has 0 radical (unpaired) electrons. The van der Waals surface area contributed by atoms with Gasteiger partial charge >= 0.3 is 0 Å². The van der Waals surface area contributed by atoms with Crippen molar-refractivity contribution in [2.45, 2.75) is 60.6 Å². The topological polar surface area (TPSA) is 90.2 Å². The molecule has 148 valence electrons. The lowest BCUT2D eigenvalue weighted by Crippen LogP contribution is -2.45. The number of hydrogen-bond donors (Lipinski definition) is 4. The van der Waals surface area contributed by atoms with Gasteiger partial charge in [-0.1, -0.05) is 34.4 Å².